The molecule has 4 rings (SSSR count). The predicted octanol–water partition coefficient (Wildman–Crippen LogP) is 3.00. The number of nitrogen functional groups attached to an aromatic ring is 1. The van der Waals surface area contributed by atoms with Crippen LogP contribution in [0.2, 0.25) is 0 Å². The van der Waals surface area contributed by atoms with E-state index >= 15 is 0 Å². The van der Waals surface area contributed by atoms with Gasteiger partial charge in [0.2, 0.25) is 5.89 Å². The maximum absolute atomic E-state index is 10.5. The van der Waals surface area contributed by atoms with Crippen molar-refractivity contribution in [3.05, 3.63) is 66.4 Å². The molecule has 0 aliphatic heterocycles. The number of anilines is 1. The third kappa shape index (κ3) is 3.71. The van der Waals surface area contributed by atoms with Gasteiger partial charge in [0.25, 0.3) is 5.89 Å². The van der Waals surface area contributed by atoms with E-state index in [0.717, 1.165) is 11.1 Å². The minimum atomic E-state index is -0.790. The van der Waals surface area contributed by atoms with Crippen LogP contribution in [0.5, 0.6) is 0 Å². The van der Waals surface area contributed by atoms with Crippen LogP contribution in [0.4, 0.5) is 5.82 Å². The van der Waals surface area contributed by atoms with Gasteiger partial charge in [-0.2, -0.15) is 0 Å². The van der Waals surface area contributed by atoms with Crippen molar-refractivity contribution < 1.29 is 9.52 Å². The molecule has 2 heterocycles. The Balaban J connectivity index is 1.77. The topological polar surface area (TPSA) is 114 Å². The average molecular weight is 388 g/mol. The molecular weight excluding hydrogens is 368 g/mol. The van der Waals surface area contributed by atoms with Gasteiger partial charge in [-0.25, -0.2) is 9.97 Å². The average Bonchev–Trinajstić information content (AvgIpc) is 3.24. The fourth-order valence-electron chi connectivity index (χ4n) is 2.94. The third-order valence-corrected chi connectivity index (χ3v) is 4.45. The van der Waals surface area contributed by atoms with E-state index in [1.165, 1.54) is 0 Å². The number of hydrogen-bond donors (Lipinski definition) is 2. The van der Waals surface area contributed by atoms with Gasteiger partial charge in [-0.15, -0.1) is 10.2 Å². The highest BCUT2D eigenvalue weighted by Crippen LogP contribution is 2.31. The number of nitrogens with two attached hydrogens (primary N) is 1. The lowest BCUT2D eigenvalue weighted by Gasteiger charge is -2.21. The maximum Gasteiger partial charge on any atom is 0.270 e. The summed E-state index contributed by atoms with van der Waals surface area (Å²) in [5.74, 6) is 0.736. The summed E-state index contributed by atoms with van der Waals surface area (Å²) in [5.41, 5.74) is 9.13. The molecule has 3 N–H and O–H groups in total. The number of hydrogen-bond acceptors (Lipinski definition) is 8. The van der Waals surface area contributed by atoms with E-state index in [1.54, 1.807) is 25.2 Å². The van der Waals surface area contributed by atoms with Crippen molar-refractivity contribution >= 4 is 5.82 Å². The van der Waals surface area contributed by atoms with Crippen LogP contribution < -0.4 is 5.73 Å². The van der Waals surface area contributed by atoms with E-state index in [-0.39, 0.29) is 11.7 Å². The first kappa shape index (κ1) is 18.7. The van der Waals surface area contributed by atoms with Gasteiger partial charge in [-0.1, -0.05) is 42.5 Å². The van der Waals surface area contributed by atoms with Crippen LogP contribution in [0.3, 0.4) is 0 Å². The summed E-state index contributed by atoms with van der Waals surface area (Å²) in [6.07, 6.45) is 0.774. The number of aliphatic hydroxyl groups is 1. The van der Waals surface area contributed by atoms with E-state index in [4.69, 9.17) is 10.2 Å². The molecule has 0 saturated heterocycles. The number of rotatable bonds is 5. The van der Waals surface area contributed by atoms with Gasteiger partial charge >= 0.3 is 0 Å². The van der Waals surface area contributed by atoms with Crippen LogP contribution in [0.15, 0.2) is 65.2 Å². The van der Waals surface area contributed by atoms with Crippen molar-refractivity contribution in [3.8, 4) is 34.3 Å². The fraction of sp³-hybridized carbons (Fsp3) is 0.143. The molecule has 1 atom stereocenters. The van der Waals surface area contributed by atoms with Crippen molar-refractivity contribution in [1.82, 2.24) is 25.1 Å². The lowest BCUT2D eigenvalue weighted by atomic mass is 10.0. The molecule has 0 aliphatic carbocycles. The predicted molar refractivity (Wildman–Crippen MR) is 109 cm³/mol. The largest absolute Gasteiger partial charge is 0.414 e. The third-order valence-electron chi connectivity index (χ3n) is 4.45. The summed E-state index contributed by atoms with van der Waals surface area (Å²) in [7, 11) is 3.59. The van der Waals surface area contributed by atoms with Crippen LogP contribution in [0.25, 0.3) is 34.3 Å². The molecule has 0 saturated carbocycles. The smallest absolute Gasteiger partial charge is 0.270 e. The Morgan fingerprint density at radius 3 is 2.41 bits per heavy atom. The maximum atomic E-state index is 10.5. The molecule has 0 fully saturated rings. The normalized spacial score (nSPS) is 12.3. The first-order chi connectivity index (χ1) is 14.0. The molecular formula is C21H20N6O2. The first-order valence-electron chi connectivity index (χ1n) is 9.00. The van der Waals surface area contributed by atoms with Crippen LogP contribution in [0.1, 0.15) is 11.8 Å². The minimum absolute atomic E-state index is 0.182. The molecule has 8 nitrogen and oxygen atoms in total. The van der Waals surface area contributed by atoms with Gasteiger partial charge in [-0.05, 0) is 26.2 Å². The quantitative estimate of drug-likeness (QED) is 0.502. The molecule has 8 heteroatoms. The molecule has 4 aromatic rings. The molecule has 146 valence electrons. The molecule has 2 aromatic heterocycles. The number of aromatic nitrogens is 4. The first-order valence-corrected chi connectivity index (χ1v) is 9.00. The molecule has 0 spiro atoms. The number of nitrogens with zero attached hydrogens (tertiary/aromatic N) is 5. The molecule has 29 heavy (non-hydrogen) atoms. The van der Waals surface area contributed by atoms with Crippen molar-refractivity contribution in [3.63, 3.8) is 0 Å². The molecule has 2 aromatic carbocycles. The lowest BCUT2D eigenvalue weighted by molar-refractivity contribution is 0.0400. The van der Waals surface area contributed by atoms with Crippen molar-refractivity contribution in [2.45, 2.75) is 6.23 Å². The number of benzene rings is 2. The molecule has 0 radical (unpaired) electrons. The zero-order valence-electron chi connectivity index (χ0n) is 16.0. The van der Waals surface area contributed by atoms with Gasteiger partial charge in [-0.3, -0.25) is 4.90 Å². The fourth-order valence-corrected chi connectivity index (χ4v) is 2.94. The highest BCUT2D eigenvalue weighted by atomic mass is 16.4. The van der Waals surface area contributed by atoms with E-state index in [2.05, 4.69) is 20.2 Å². The van der Waals surface area contributed by atoms with Crippen LogP contribution in [-0.2, 0) is 0 Å². The van der Waals surface area contributed by atoms with Crippen molar-refractivity contribution in [1.29, 1.82) is 0 Å². The second-order valence-corrected chi connectivity index (χ2v) is 6.69. The van der Waals surface area contributed by atoms with E-state index in [1.807, 2.05) is 54.6 Å². The Morgan fingerprint density at radius 1 is 0.966 bits per heavy atom. The minimum Gasteiger partial charge on any atom is -0.414 e. The van der Waals surface area contributed by atoms with Gasteiger partial charge in [0.05, 0.1) is 11.9 Å². The van der Waals surface area contributed by atoms with E-state index in [9.17, 15) is 5.11 Å². The monoisotopic (exact) mass is 388 g/mol. The Kier molecular flexibility index (Phi) is 5.03. The zero-order chi connectivity index (χ0) is 20.4. The van der Waals surface area contributed by atoms with Crippen molar-refractivity contribution in [2.24, 2.45) is 0 Å². The summed E-state index contributed by atoms with van der Waals surface area (Å²) in [6, 6.07) is 16.9. The summed E-state index contributed by atoms with van der Waals surface area (Å²) in [4.78, 5) is 10.6. The van der Waals surface area contributed by atoms with Crippen LogP contribution in [0, 0.1) is 0 Å². The molecule has 0 aliphatic rings. The Hall–Kier alpha value is -3.62. The Labute approximate surface area is 167 Å². The van der Waals surface area contributed by atoms with E-state index < -0.39 is 6.23 Å². The van der Waals surface area contributed by atoms with Crippen molar-refractivity contribution in [2.75, 3.05) is 19.8 Å². The Morgan fingerprint density at radius 2 is 1.66 bits per heavy atom. The number of aliphatic hydroxyl groups excluding tert-OH is 1. The zero-order valence-corrected chi connectivity index (χ0v) is 16.0. The lowest BCUT2D eigenvalue weighted by Crippen LogP contribution is -2.20. The highest BCUT2D eigenvalue weighted by Gasteiger charge is 2.20. The van der Waals surface area contributed by atoms with Crippen LogP contribution >= 0.6 is 0 Å². The molecule has 0 bridgehead atoms. The molecule has 0 amide bonds. The second kappa shape index (κ2) is 7.78. The summed E-state index contributed by atoms with van der Waals surface area (Å²) >= 11 is 0. The van der Waals surface area contributed by atoms with Gasteiger partial charge < -0.3 is 15.3 Å². The van der Waals surface area contributed by atoms with Crippen LogP contribution in [-0.4, -0.2) is 44.3 Å². The Bertz CT molecular complexity index is 1130. The second-order valence-electron chi connectivity index (χ2n) is 6.69. The molecule has 1 unspecified atom stereocenters. The van der Waals surface area contributed by atoms with E-state index in [0.29, 0.717) is 22.8 Å². The van der Waals surface area contributed by atoms with Gasteiger partial charge in [0, 0.05) is 16.7 Å². The summed E-state index contributed by atoms with van der Waals surface area (Å²) in [5, 5.41) is 18.7. The SMILES string of the molecule is CN(C)C(O)c1ccccc1-c1cnc(N)c(-c2nnc(-c3ccccc3)o2)n1. The van der Waals surface area contributed by atoms with Gasteiger partial charge in [0.15, 0.2) is 11.5 Å². The summed E-state index contributed by atoms with van der Waals surface area (Å²) < 4.78 is 5.78. The standard InChI is InChI=1S/C21H20N6O2/c1-27(2)21(28)15-11-7-6-10-14(15)16-12-23-18(22)17(24-16)20-26-25-19(29-20)13-8-4-3-5-9-13/h3-12,21,28H,1-2H3,(H2,22,23). The summed E-state index contributed by atoms with van der Waals surface area (Å²) in [6.45, 7) is 0. The van der Waals surface area contributed by atoms with Gasteiger partial charge in [0.1, 0.15) is 6.23 Å². The highest BCUT2D eigenvalue weighted by molar-refractivity contribution is 5.70.